The Morgan fingerprint density at radius 1 is 1.15 bits per heavy atom. The quantitative estimate of drug-likeness (QED) is 0.133. The Morgan fingerprint density at radius 3 is 2.75 bits per heavy atom. The number of hydrogen-bond acceptors (Lipinski definition) is 10. The normalized spacial score (nSPS) is 20.8. The molecule has 0 bridgehead atoms. The van der Waals surface area contributed by atoms with Crippen molar-refractivity contribution in [3.63, 3.8) is 0 Å². The van der Waals surface area contributed by atoms with Gasteiger partial charge in [0.25, 0.3) is 5.91 Å². The maximum Gasteiger partial charge on any atom is 0.319 e. The Hall–Kier alpha value is -5.75. The number of hydrogen-bond donors (Lipinski definition) is 1. The fourth-order valence-electron chi connectivity index (χ4n) is 7.66. The van der Waals surface area contributed by atoms with Crippen LogP contribution in [0.1, 0.15) is 30.7 Å². The largest absolute Gasteiger partial charge is 0.508 e. The van der Waals surface area contributed by atoms with Crippen LogP contribution < -0.4 is 9.64 Å². The van der Waals surface area contributed by atoms with E-state index in [1.807, 2.05) is 0 Å². The summed E-state index contributed by atoms with van der Waals surface area (Å²) in [4.78, 5) is 35.4. The lowest BCUT2D eigenvalue weighted by atomic mass is 9.95. The van der Waals surface area contributed by atoms with Crippen LogP contribution in [0.2, 0.25) is 0 Å². The monoisotopic (exact) mass is 713 g/mol. The lowest BCUT2D eigenvalue weighted by Gasteiger charge is -2.35. The standard InChI is InChI=1S/C37H31F4N7O4/c1-2-24-27(39)5-4-21-14-23(49)15-25(30(21)24)32-31(41)33-26(18-43-32)34(45-36(44-33)52-20-37-6-3-8-48(37)19-22(38)17-37)46-9-11-47(12-10-46)35(50)28(40)16-29-42-7-13-51-29/h1,4-5,7,13-16,18,22,49H,3,6,8-12,17,19-20H2/b28-16-/t22?,37-/m0/s1. The summed E-state index contributed by atoms with van der Waals surface area (Å²) in [5, 5.41) is 11.3. The lowest BCUT2D eigenvalue weighted by molar-refractivity contribution is -0.128. The van der Waals surface area contributed by atoms with Gasteiger partial charge in [-0.3, -0.25) is 14.7 Å². The van der Waals surface area contributed by atoms with Crippen molar-refractivity contribution in [2.24, 2.45) is 0 Å². The van der Waals surface area contributed by atoms with Gasteiger partial charge >= 0.3 is 6.01 Å². The Kier molecular flexibility index (Phi) is 8.41. The molecule has 3 aliphatic rings. The molecule has 3 aliphatic heterocycles. The molecule has 0 spiro atoms. The second kappa shape index (κ2) is 13.1. The fraction of sp³-hybridized carbons (Fsp3) is 0.324. The third kappa shape index (κ3) is 5.82. The van der Waals surface area contributed by atoms with Gasteiger partial charge in [0, 0.05) is 62.4 Å². The van der Waals surface area contributed by atoms with Crippen LogP contribution in [-0.4, -0.2) is 98.3 Å². The number of ether oxygens (including phenoxy) is 1. The van der Waals surface area contributed by atoms with Crippen molar-refractivity contribution in [1.29, 1.82) is 0 Å². The highest BCUT2D eigenvalue weighted by atomic mass is 19.1. The number of benzene rings is 2. The van der Waals surface area contributed by atoms with Crippen LogP contribution in [0.4, 0.5) is 23.4 Å². The second-order valence-corrected chi connectivity index (χ2v) is 13.2. The fourth-order valence-corrected chi connectivity index (χ4v) is 7.66. The van der Waals surface area contributed by atoms with Crippen LogP contribution in [0.5, 0.6) is 11.8 Å². The number of carbonyl (C=O) groups excluding carboxylic acids is 1. The van der Waals surface area contributed by atoms with Crippen molar-refractivity contribution < 1.29 is 36.6 Å². The predicted octanol–water partition coefficient (Wildman–Crippen LogP) is 5.41. The van der Waals surface area contributed by atoms with Gasteiger partial charge in [-0.2, -0.15) is 9.97 Å². The smallest absolute Gasteiger partial charge is 0.319 e. The zero-order chi connectivity index (χ0) is 36.1. The van der Waals surface area contributed by atoms with Gasteiger partial charge in [0.05, 0.1) is 22.7 Å². The molecule has 0 aliphatic carbocycles. The van der Waals surface area contributed by atoms with Crippen molar-refractivity contribution in [2.45, 2.75) is 31.0 Å². The van der Waals surface area contributed by atoms with Gasteiger partial charge in [0.1, 0.15) is 47.6 Å². The number of piperazine rings is 1. The summed E-state index contributed by atoms with van der Waals surface area (Å²) in [7, 11) is 0. The van der Waals surface area contributed by atoms with Gasteiger partial charge in [-0.05, 0) is 43.0 Å². The highest BCUT2D eigenvalue weighted by molar-refractivity contribution is 6.03. The highest BCUT2D eigenvalue weighted by Gasteiger charge is 2.49. The number of aromatic nitrogens is 4. The number of amides is 1. The summed E-state index contributed by atoms with van der Waals surface area (Å²) in [5.41, 5.74) is -1.02. The number of phenols is 1. The summed E-state index contributed by atoms with van der Waals surface area (Å²) < 4.78 is 72.2. The number of fused-ring (bicyclic) bond motifs is 3. The summed E-state index contributed by atoms with van der Waals surface area (Å²) >= 11 is 0. The zero-order valence-electron chi connectivity index (χ0n) is 27.7. The molecular formula is C37H31F4N7O4. The van der Waals surface area contributed by atoms with Gasteiger partial charge in [-0.1, -0.05) is 12.0 Å². The minimum Gasteiger partial charge on any atom is -0.508 e. The number of nitrogens with zero attached hydrogens (tertiary/aromatic N) is 7. The molecule has 6 heterocycles. The van der Waals surface area contributed by atoms with Crippen LogP contribution in [0.25, 0.3) is 39.0 Å². The first-order chi connectivity index (χ1) is 25.1. The first-order valence-corrected chi connectivity index (χ1v) is 16.8. The first-order valence-electron chi connectivity index (χ1n) is 16.8. The van der Waals surface area contributed by atoms with Crippen LogP contribution in [0.3, 0.4) is 0 Å². The van der Waals surface area contributed by atoms with Gasteiger partial charge in [0.2, 0.25) is 5.89 Å². The average molecular weight is 714 g/mol. The molecule has 11 nitrogen and oxygen atoms in total. The molecule has 1 unspecified atom stereocenters. The third-order valence-electron chi connectivity index (χ3n) is 10.1. The van der Waals surface area contributed by atoms with Crippen molar-refractivity contribution >= 4 is 39.5 Å². The molecule has 1 amide bonds. The minimum atomic E-state index is -1.03. The maximum atomic E-state index is 16.9. The average Bonchev–Trinajstić information content (AvgIpc) is 3.87. The van der Waals surface area contributed by atoms with E-state index in [1.165, 1.54) is 47.8 Å². The van der Waals surface area contributed by atoms with Crippen molar-refractivity contribution in [1.82, 2.24) is 29.7 Å². The second-order valence-electron chi connectivity index (χ2n) is 13.2. The molecule has 1 N–H and O–H groups in total. The molecule has 2 atom stereocenters. The van der Waals surface area contributed by atoms with Crippen LogP contribution in [-0.2, 0) is 4.79 Å². The van der Waals surface area contributed by atoms with Crippen LogP contribution >= 0.6 is 0 Å². The van der Waals surface area contributed by atoms with E-state index in [0.717, 1.165) is 25.5 Å². The molecule has 3 saturated heterocycles. The summed E-state index contributed by atoms with van der Waals surface area (Å²) in [6.07, 6.45) is 11.5. The molecule has 15 heteroatoms. The molecule has 3 fully saturated rings. The molecule has 266 valence electrons. The molecule has 8 rings (SSSR count). The number of carbonyl (C=O) groups is 1. The summed E-state index contributed by atoms with van der Waals surface area (Å²) in [6, 6.07) is 5.09. The van der Waals surface area contributed by atoms with Gasteiger partial charge in [-0.15, -0.1) is 6.42 Å². The first kappa shape index (κ1) is 33.4. The number of oxazole rings is 1. The van der Waals surface area contributed by atoms with Crippen molar-refractivity contribution in [3.05, 3.63) is 71.8 Å². The number of halogens is 4. The summed E-state index contributed by atoms with van der Waals surface area (Å²) in [6.45, 7) is 1.72. The number of rotatable bonds is 7. The SMILES string of the molecule is C#Cc1c(F)ccc2cc(O)cc(-c3ncc4c(N5CCN(C(=O)/C(F)=C/c6ncco6)CC5)nc(OC[C@@]56CCCN5CC(F)C6)nc4c3F)c12. The van der Waals surface area contributed by atoms with Gasteiger partial charge in [0.15, 0.2) is 11.6 Å². The Morgan fingerprint density at radius 2 is 1.98 bits per heavy atom. The van der Waals surface area contributed by atoms with E-state index in [1.54, 1.807) is 4.90 Å². The maximum absolute atomic E-state index is 16.9. The van der Waals surface area contributed by atoms with E-state index >= 15 is 4.39 Å². The number of terminal acetylenes is 1. The van der Waals surface area contributed by atoms with E-state index in [2.05, 4.69) is 30.8 Å². The zero-order valence-corrected chi connectivity index (χ0v) is 27.7. The third-order valence-corrected chi connectivity index (χ3v) is 10.1. The summed E-state index contributed by atoms with van der Waals surface area (Å²) in [5.74, 6) is -1.14. The van der Waals surface area contributed by atoms with Gasteiger partial charge in [-0.25, -0.2) is 22.5 Å². The van der Waals surface area contributed by atoms with E-state index in [4.69, 9.17) is 15.6 Å². The van der Waals surface area contributed by atoms with Crippen LogP contribution in [0.15, 0.2) is 53.2 Å². The van der Waals surface area contributed by atoms with Gasteiger partial charge < -0.3 is 24.1 Å². The Labute approximate surface area is 294 Å². The number of phenolic OH excluding ortho intramolecular Hbond substituents is 1. The number of pyridine rings is 1. The Bertz CT molecular complexity index is 2290. The molecule has 0 radical (unpaired) electrons. The number of aromatic hydroxyl groups is 1. The van der Waals surface area contributed by atoms with Crippen molar-refractivity contribution in [3.8, 4) is 35.4 Å². The van der Waals surface area contributed by atoms with E-state index in [9.17, 15) is 23.1 Å². The van der Waals surface area contributed by atoms with E-state index < -0.39 is 35.1 Å². The highest BCUT2D eigenvalue weighted by Crippen LogP contribution is 2.42. The lowest BCUT2D eigenvalue weighted by Crippen LogP contribution is -2.49. The topological polar surface area (TPSA) is 121 Å². The molecule has 3 aromatic heterocycles. The minimum absolute atomic E-state index is 0.0439. The van der Waals surface area contributed by atoms with Crippen molar-refractivity contribution in [2.75, 3.05) is 50.8 Å². The number of anilines is 1. The molecule has 52 heavy (non-hydrogen) atoms. The molecule has 0 saturated carbocycles. The van der Waals surface area contributed by atoms with E-state index in [-0.39, 0.29) is 89.4 Å². The van der Waals surface area contributed by atoms with Crippen LogP contribution in [0, 0.1) is 24.0 Å². The molecule has 2 aromatic carbocycles. The van der Waals surface area contributed by atoms with E-state index in [0.29, 0.717) is 18.4 Å². The molecular weight excluding hydrogens is 682 g/mol. The molecule has 5 aromatic rings. The predicted molar refractivity (Wildman–Crippen MR) is 183 cm³/mol. The number of alkyl halides is 1. The Balaban J connectivity index is 1.18.